The van der Waals surface area contributed by atoms with Crippen LogP contribution in [-0.4, -0.2) is 46.4 Å². The van der Waals surface area contributed by atoms with Gasteiger partial charge >= 0.3 is 0 Å². The van der Waals surface area contributed by atoms with Crippen LogP contribution < -0.4 is 0 Å². The van der Waals surface area contributed by atoms with Crippen molar-refractivity contribution >= 4 is 28.5 Å². The monoisotopic (exact) mass is 336 g/mol. The van der Waals surface area contributed by atoms with Gasteiger partial charge in [-0.25, -0.2) is 0 Å². The van der Waals surface area contributed by atoms with Gasteiger partial charge in [0.05, 0.1) is 4.55 Å². The summed E-state index contributed by atoms with van der Waals surface area (Å²) in [6.45, 7) is 6.17. The zero-order valence-corrected chi connectivity index (χ0v) is 12.2. The fourth-order valence-electron chi connectivity index (χ4n) is 2.94. The average molecular weight is 336 g/mol. The van der Waals surface area contributed by atoms with Gasteiger partial charge in [0.15, 0.2) is 0 Å². The molecule has 1 spiro atoms. The van der Waals surface area contributed by atoms with Crippen LogP contribution in [0.3, 0.4) is 0 Å². The fraction of sp³-hybridized carbons (Fsp3) is 0.917. The first-order chi connectivity index (χ1) is 7.65. The Kier molecular flexibility index (Phi) is 4.11. The van der Waals surface area contributed by atoms with E-state index in [1.54, 1.807) is 6.92 Å². The van der Waals surface area contributed by atoms with Crippen LogP contribution in [0.2, 0.25) is 0 Å². The van der Waals surface area contributed by atoms with Crippen molar-refractivity contribution in [3.8, 4) is 0 Å². The summed E-state index contributed by atoms with van der Waals surface area (Å²) in [5, 5.41) is 0. The van der Waals surface area contributed by atoms with Crippen LogP contribution in [0.25, 0.3) is 0 Å². The van der Waals surface area contributed by atoms with Crippen LogP contribution in [-0.2, 0) is 4.79 Å². The summed E-state index contributed by atoms with van der Waals surface area (Å²) in [6.07, 6.45) is 5.12. The number of amides is 1. The van der Waals surface area contributed by atoms with E-state index in [1.165, 1.54) is 38.8 Å². The molecule has 0 unspecified atom stereocenters. The highest BCUT2D eigenvalue weighted by Gasteiger charge is 2.37. The van der Waals surface area contributed by atoms with Gasteiger partial charge in [-0.2, -0.15) is 0 Å². The van der Waals surface area contributed by atoms with Crippen molar-refractivity contribution in [2.75, 3.05) is 30.7 Å². The van der Waals surface area contributed by atoms with Crippen molar-refractivity contribution in [3.05, 3.63) is 0 Å². The highest BCUT2D eigenvalue weighted by molar-refractivity contribution is 14.1. The predicted octanol–water partition coefficient (Wildman–Crippen LogP) is 2.10. The minimum Gasteiger partial charge on any atom is -0.343 e. The molecule has 92 valence electrons. The van der Waals surface area contributed by atoms with Gasteiger partial charge in [-0.05, 0) is 44.2 Å². The van der Waals surface area contributed by atoms with Gasteiger partial charge < -0.3 is 4.90 Å². The van der Waals surface area contributed by atoms with Gasteiger partial charge in [-0.3, -0.25) is 9.69 Å². The van der Waals surface area contributed by atoms with Gasteiger partial charge in [0.25, 0.3) is 0 Å². The van der Waals surface area contributed by atoms with Gasteiger partial charge in [-0.15, -0.1) is 0 Å². The average Bonchev–Trinajstić information content (AvgIpc) is 2.31. The molecule has 2 rings (SSSR count). The summed E-state index contributed by atoms with van der Waals surface area (Å²) in [5.74, 6) is 0.250. The molecule has 0 saturated carbocycles. The Labute approximate surface area is 112 Å². The summed E-state index contributed by atoms with van der Waals surface area (Å²) in [6, 6.07) is 0. The van der Waals surface area contributed by atoms with Crippen molar-refractivity contribution in [1.29, 1.82) is 0 Å². The molecule has 0 aromatic rings. The highest BCUT2D eigenvalue weighted by atomic mass is 127. The SMILES string of the molecule is CC(=O)N1CCC2(CCN(CI)CC2)CC1. The van der Waals surface area contributed by atoms with Crippen molar-refractivity contribution in [2.45, 2.75) is 32.6 Å². The zero-order chi connectivity index (χ0) is 11.6. The number of hydrogen-bond acceptors (Lipinski definition) is 2. The number of alkyl halides is 1. The number of rotatable bonds is 1. The maximum atomic E-state index is 11.3. The molecule has 4 heteroatoms. The third-order valence-electron chi connectivity index (χ3n) is 4.36. The smallest absolute Gasteiger partial charge is 0.219 e. The Morgan fingerprint density at radius 1 is 1.12 bits per heavy atom. The number of carbonyl (C=O) groups excluding carboxylic acids is 1. The molecule has 0 N–H and O–H groups in total. The molecule has 2 aliphatic rings. The number of nitrogens with zero attached hydrogens (tertiary/aromatic N) is 2. The zero-order valence-electron chi connectivity index (χ0n) is 10.0. The summed E-state index contributed by atoms with van der Waals surface area (Å²) < 4.78 is 1.16. The molecule has 0 aromatic carbocycles. The number of carbonyl (C=O) groups is 1. The van der Waals surface area contributed by atoms with E-state index in [0.29, 0.717) is 5.41 Å². The Bertz CT molecular complexity index is 252. The number of hydrogen-bond donors (Lipinski definition) is 0. The topological polar surface area (TPSA) is 23.6 Å². The molecule has 1 amide bonds. The first-order valence-electron chi connectivity index (χ1n) is 6.19. The lowest BCUT2D eigenvalue weighted by atomic mass is 9.71. The minimum atomic E-state index is 0.250. The van der Waals surface area contributed by atoms with Crippen LogP contribution in [0, 0.1) is 5.41 Å². The van der Waals surface area contributed by atoms with Crippen molar-refractivity contribution in [1.82, 2.24) is 9.80 Å². The van der Waals surface area contributed by atoms with E-state index in [1.807, 2.05) is 4.90 Å². The van der Waals surface area contributed by atoms with E-state index in [-0.39, 0.29) is 5.91 Å². The first kappa shape index (κ1) is 12.6. The van der Waals surface area contributed by atoms with E-state index in [0.717, 1.165) is 17.6 Å². The third-order valence-corrected chi connectivity index (χ3v) is 5.32. The Morgan fingerprint density at radius 2 is 1.62 bits per heavy atom. The molecule has 3 nitrogen and oxygen atoms in total. The lowest BCUT2D eigenvalue weighted by Crippen LogP contribution is -2.47. The summed E-state index contributed by atoms with van der Waals surface area (Å²) in [7, 11) is 0. The maximum absolute atomic E-state index is 11.3. The van der Waals surface area contributed by atoms with Gasteiger partial charge in [0.2, 0.25) is 5.91 Å². The summed E-state index contributed by atoms with van der Waals surface area (Å²) >= 11 is 2.45. The molecule has 2 saturated heterocycles. The van der Waals surface area contributed by atoms with E-state index in [9.17, 15) is 4.79 Å². The molecule has 0 atom stereocenters. The molecule has 0 aliphatic carbocycles. The second kappa shape index (κ2) is 5.21. The predicted molar refractivity (Wildman–Crippen MR) is 73.6 cm³/mol. The molecule has 2 aliphatic heterocycles. The molecule has 16 heavy (non-hydrogen) atoms. The molecule has 2 fully saturated rings. The standard InChI is InChI=1S/C12H21IN2O/c1-11(16)15-8-4-12(5-9-15)2-6-14(10-13)7-3-12/h2-10H2,1H3. The second-order valence-electron chi connectivity index (χ2n) is 5.24. The van der Waals surface area contributed by atoms with Crippen LogP contribution in [0.5, 0.6) is 0 Å². The van der Waals surface area contributed by atoms with E-state index in [4.69, 9.17) is 0 Å². The normalized spacial score (nSPS) is 26.0. The van der Waals surface area contributed by atoms with Gasteiger partial charge in [0.1, 0.15) is 0 Å². The second-order valence-corrected chi connectivity index (χ2v) is 5.93. The molecule has 2 heterocycles. The number of halogens is 1. The van der Waals surface area contributed by atoms with E-state index < -0.39 is 0 Å². The van der Waals surface area contributed by atoms with Crippen molar-refractivity contribution in [2.24, 2.45) is 5.41 Å². The number of piperidine rings is 2. The lowest BCUT2D eigenvalue weighted by Gasteiger charge is -2.46. The Balaban J connectivity index is 1.86. The highest BCUT2D eigenvalue weighted by Crippen LogP contribution is 2.41. The molecule has 0 aromatic heterocycles. The van der Waals surface area contributed by atoms with Crippen LogP contribution in [0.4, 0.5) is 0 Å². The van der Waals surface area contributed by atoms with Gasteiger partial charge in [-0.1, -0.05) is 22.6 Å². The van der Waals surface area contributed by atoms with E-state index >= 15 is 0 Å². The largest absolute Gasteiger partial charge is 0.343 e. The quantitative estimate of drug-likeness (QED) is 0.416. The maximum Gasteiger partial charge on any atom is 0.219 e. The Hall–Kier alpha value is 0.160. The van der Waals surface area contributed by atoms with E-state index in [2.05, 4.69) is 27.5 Å². The fourth-order valence-corrected chi connectivity index (χ4v) is 3.63. The van der Waals surface area contributed by atoms with Gasteiger partial charge in [0, 0.05) is 20.0 Å². The summed E-state index contributed by atoms with van der Waals surface area (Å²) in [5.41, 5.74) is 0.564. The Morgan fingerprint density at radius 3 is 2.06 bits per heavy atom. The van der Waals surface area contributed by atoms with Crippen LogP contribution in [0.1, 0.15) is 32.6 Å². The van der Waals surface area contributed by atoms with Crippen LogP contribution >= 0.6 is 22.6 Å². The molecule has 0 radical (unpaired) electrons. The molecular formula is C12H21IN2O. The van der Waals surface area contributed by atoms with Crippen LogP contribution in [0.15, 0.2) is 0 Å². The lowest BCUT2D eigenvalue weighted by molar-refractivity contribution is -0.131. The summed E-state index contributed by atoms with van der Waals surface area (Å²) in [4.78, 5) is 15.8. The molecule has 0 bridgehead atoms. The molecular weight excluding hydrogens is 315 g/mol. The van der Waals surface area contributed by atoms with Crippen molar-refractivity contribution < 1.29 is 4.79 Å². The third kappa shape index (κ3) is 2.70. The van der Waals surface area contributed by atoms with Crippen molar-refractivity contribution in [3.63, 3.8) is 0 Å². The first-order valence-corrected chi connectivity index (χ1v) is 7.72. The number of likely N-dealkylation sites (tertiary alicyclic amines) is 2. The minimum absolute atomic E-state index is 0.250.